The highest BCUT2D eigenvalue weighted by atomic mass is 19.2. The first-order valence-electron chi connectivity index (χ1n) is 9.71. The van der Waals surface area contributed by atoms with E-state index < -0.39 is 29.4 Å². The smallest absolute Gasteiger partial charge is 0.201 e. The van der Waals surface area contributed by atoms with Gasteiger partial charge < -0.3 is 14.2 Å². The number of hydrogen-bond acceptors (Lipinski definition) is 3. The number of ether oxygens (including phenoxy) is 3. The van der Waals surface area contributed by atoms with Crippen molar-refractivity contribution in [3.63, 3.8) is 0 Å². The summed E-state index contributed by atoms with van der Waals surface area (Å²) in [5.41, 5.74) is -1.37. The average Bonchev–Trinajstić information content (AvgIpc) is 2.72. The molecule has 0 amide bonds. The van der Waals surface area contributed by atoms with Crippen LogP contribution >= 0.6 is 0 Å². The molecule has 1 heterocycles. The molecular weight excluding hydrogens is 400 g/mol. The van der Waals surface area contributed by atoms with Gasteiger partial charge in [-0.3, -0.25) is 0 Å². The summed E-state index contributed by atoms with van der Waals surface area (Å²) in [5.74, 6) is 1.74. The molecule has 2 aromatic rings. The van der Waals surface area contributed by atoms with Crippen LogP contribution in [0, 0.1) is 29.3 Å². The number of rotatable bonds is 5. The van der Waals surface area contributed by atoms with Crippen LogP contribution in [0.15, 0.2) is 30.3 Å². The van der Waals surface area contributed by atoms with Crippen LogP contribution in [0.3, 0.4) is 0 Å². The largest absolute Gasteiger partial charge is 0.491 e. The van der Waals surface area contributed by atoms with Crippen molar-refractivity contribution in [3.05, 3.63) is 64.5 Å². The molecule has 1 saturated heterocycles. The lowest BCUT2D eigenvalue weighted by atomic mass is 10.0. The maximum atomic E-state index is 14.4. The SMILES string of the molecule is CCCC1(F)COC(c2ccc(C#Cc3ccc(OCC)c(F)c3F)c(F)c2)OC1. The van der Waals surface area contributed by atoms with E-state index in [-0.39, 0.29) is 36.7 Å². The van der Waals surface area contributed by atoms with E-state index in [1.54, 1.807) is 6.92 Å². The quantitative estimate of drug-likeness (QED) is 0.473. The van der Waals surface area contributed by atoms with E-state index in [1.807, 2.05) is 6.92 Å². The van der Waals surface area contributed by atoms with Gasteiger partial charge in [0.2, 0.25) is 5.82 Å². The zero-order valence-electron chi connectivity index (χ0n) is 16.7. The van der Waals surface area contributed by atoms with Crippen LogP contribution in [-0.4, -0.2) is 25.5 Å². The fourth-order valence-electron chi connectivity index (χ4n) is 3.13. The molecule has 30 heavy (non-hydrogen) atoms. The molecule has 0 aromatic heterocycles. The fraction of sp³-hybridized carbons (Fsp3) is 0.391. The van der Waals surface area contributed by atoms with E-state index >= 15 is 0 Å². The van der Waals surface area contributed by atoms with E-state index in [1.165, 1.54) is 30.3 Å². The van der Waals surface area contributed by atoms with Crippen molar-refractivity contribution in [2.24, 2.45) is 0 Å². The van der Waals surface area contributed by atoms with E-state index in [9.17, 15) is 17.6 Å². The summed E-state index contributed by atoms with van der Waals surface area (Å²) in [5, 5.41) is 0. The molecule has 3 rings (SSSR count). The van der Waals surface area contributed by atoms with E-state index in [0.717, 1.165) is 0 Å². The van der Waals surface area contributed by atoms with Gasteiger partial charge in [0.25, 0.3) is 0 Å². The summed E-state index contributed by atoms with van der Waals surface area (Å²) in [6, 6.07) is 6.64. The van der Waals surface area contributed by atoms with Gasteiger partial charge in [0.1, 0.15) is 5.82 Å². The predicted molar refractivity (Wildman–Crippen MR) is 103 cm³/mol. The van der Waals surface area contributed by atoms with Crippen molar-refractivity contribution in [1.82, 2.24) is 0 Å². The normalized spacial score (nSPS) is 21.1. The van der Waals surface area contributed by atoms with Crippen LogP contribution < -0.4 is 4.74 Å². The van der Waals surface area contributed by atoms with Gasteiger partial charge in [-0.1, -0.05) is 31.3 Å². The van der Waals surface area contributed by atoms with Gasteiger partial charge in [0.15, 0.2) is 23.5 Å². The molecule has 160 valence electrons. The number of hydrogen-bond donors (Lipinski definition) is 0. The van der Waals surface area contributed by atoms with Crippen molar-refractivity contribution in [2.75, 3.05) is 19.8 Å². The zero-order valence-corrected chi connectivity index (χ0v) is 16.7. The summed E-state index contributed by atoms with van der Waals surface area (Å²) < 4.78 is 72.7. The second-order valence-electron chi connectivity index (χ2n) is 7.02. The number of alkyl halides is 1. The Morgan fingerprint density at radius 2 is 1.67 bits per heavy atom. The molecule has 0 aliphatic carbocycles. The summed E-state index contributed by atoms with van der Waals surface area (Å²) in [6.45, 7) is 3.46. The Hall–Kier alpha value is -2.56. The molecule has 1 aliphatic rings. The monoisotopic (exact) mass is 422 g/mol. The molecule has 0 radical (unpaired) electrons. The number of benzene rings is 2. The summed E-state index contributed by atoms with van der Waals surface area (Å²) >= 11 is 0. The van der Waals surface area contributed by atoms with Gasteiger partial charge in [-0.15, -0.1) is 0 Å². The Balaban J connectivity index is 1.74. The lowest BCUT2D eigenvalue weighted by Crippen LogP contribution is -2.41. The van der Waals surface area contributed by atoms with Gasteiger partial charge in [0, 0.05) is 5.56 Å². The lowest BCUT2D eigenvalue weighted by molar-refractivity contribution is -0.239. The van der Waals surface area contributed by atoms with Crippen LogP contribution in [0.1, 0.15) is 49.7 Å². The van der Waals surface area contributed by atoms with Crippen molar-refractivity contribution >= 4 is 0 Å². The van der Waals surface area contributed by atoms with Gasteiger partial charge in [-0.25, -0.2) is 13.2 Å². The highest BCUT2D eigenvalue weighted by Gasteiger charge is 2.36. The van der Waals surface area contributed by atoms with Crippen LogP contribution in [0.4, 0.5) is 17.6 Å². The summed E-state index contributed by atoms with van der Waals surface area (Å²) in [4.78, 5) is 0. The first-order chi connectivity index (χ1) is 14.4. The topological polar surface area (TPSA) is 27.7 Å². The van der Waals surface area contributed by atoms with E-state index in [0.29, 0.717) is 18.4 Å². The van der Waals surface area contributed by atoms with Crippen molar-refractivity contribution in [2.45, 2.75) is 38.6 Å². The third-order valence-corrected chi connectivity index (χ3v) is 4.63. The maximum absolute atomic E-state index is 14.4. The molecule has 0 atom stereocenters. The van der Waals surface area contributed by atoms with Gasteiger partial charge in [0.05, 0.1) is 30.9 Å². The molecule has 2 aromatic carbocycles. The molecule has 0 unspecified atom stereocenters. The van der Waals surface area contributed by atoms with Crippen LogP contribution in [0.25, 0.3) is 0 Å². The Morgan fingerprint density at radius 1 is 1.00 bits per heavy atom. The Bertz CT molecular complexity index is 957. The Morgan fingerprint density at radius 3 is 2.30 bits per heavy atom. The van der Waals surface area contributed by atoms with Gasteiger partial charge in [-0.05, 0) is 37.6 Å². The zero-order chi connectivity index (χ0) is 21.7. The van der Waals surface area contributed by atoms with Crippen molar-refractivity contribution < 1.29 is 31.8 Å². The van der Waals surface area contributed by atoms with Crippen LogP contribution in [-0.2, 0) is 9.47 Å². The van der Waals surface area contributed by atoms with Crippen LogP contribution in [0.5, 0.6) is 5.75 Å². The van der Waals surface area contributed by atoms with Crippen molar-refractivity contribution in [1.29, 1.82) is 0 Å². The third kappa shape index (κ3) is 4.94. The molecule has 7 heteroatoms. The summed E-state index contributed by atoms with van der Waals surface area (Å²) in [6.07, 6.45) is 0.111. The predicted octanol–water partition coefficient (Wildman–Crippen LogP) is 5.46. The number of halogens is 4. The lowest BCUT2D eigenvalue weighted by Gasteiger charge is -2.34. The standard InChI is InChI=1S/C23H22F4O3/c1-3-11-23(27)13-29-22(30-14-23)17-8-6-15(18(24)12-17)5-7-16-9-10-19(28-4-2)21(26)20(16)25/h6,8-10,12,22H,3-4,11,13-14H2,1-2H3. The molecule has 0 bridgehead atoms. The molecule has 1 aliphatic heterocycles. The molecule has 0 N–H and O–H groups in total. The molecule has 1 fully saturated rings. The Labute approximate surface area is 172 Å². The minimum atomic E-state index is -1.54. The second kappa shape index (κ2) is 9.50. The molecular formula is C23H22F4O3. The molecule has 0 spiro atoms. The first-order valence-corrected chi connectivity index (χ1v) is 9.71. The molecule has 0 saturated carbocycles. The van der Waals surface area contributed by atoms with Crippen LogP contribution in [0.2, 0.25) is 0 Å². The van der Waals surface area contributed by atoms with Gasteiger partial charge in [-0.2, -0.15) is 4.39 Å². The van der Waals surface area contributed by atoms with Crippen molar-refractivity contribution in [3.8, 4) is 17.6 Å². The minimum Gasteiger partial charge on any atom is -0.491 e. The van der Waals surface area contributed by atoms with E-state index in [4.69, 9.17) is 14.2 Å². The summed E-state index contributed by atoms with van der Waals surface area (Å²) in [7, 11) is 0. The fourth-order valence-corrected chi connectivity index (χ4v) is 3.13. The van der Waals surface area contributed by atoms with Gasteiger partial charge >= 0.3 is 0 Å². The third-order valence-electron chi connectivity index (χ3n) is 4.63. The molecule has 3 nitrogen and oxygen atoms in total. The highest BCUT2D eigenvalue weighted by Crippen LogP contribution is 2.32. The minimum absolute atomic E-state index is 0.00549. The van der Waals surface area contributed by atoms with E-state index in [2.05, 4.69) is 11.8 Å². The average molecular weight is 422 g/mol. The second-order valence-corrected chi connectivity index (χ2v) is 7.02. The maximum Gasteiger partial charge on any atom is 0.201 e. The highest BCUT2D eigenvalue weighted by molar-refractivity contribution is 5.46. The first kappa shape index (κ1) is 22.1. The Kier molecular flexibility index (Phi) is 7.01.